The lowest BCUT2D eigenvalue weighted by Gasteiger charge is -2.20. The van der Waals surface area contributed by atoms with Gasteiger partial charge in [0.1, 0.15) is 5.66 Å². The fourth-order valence-corrected chi connectivity index (χ4v) is 5.08. The van der Waals surface area contributed by atoms with E-state index < -0.39 is 32.3 Å². The minimum absolute atomic E-state index is 0.0741. The average molecular weight is 320 g/mol. The van der Waals surface area contributed by atoms with Crippen molar-refractivity contribution in [2.24, 2.45) is 0 Å². The second kappa shape index (κ2) is 4.90. The van der Waals surface area contributed by atoms with Crippen molar-refractivity contribution >= 4 is 20.5 Å². The van der Waals surface area contributed by atoms with Gasteiger partial charge in [-0.05, 0) is 23.6 Å². The first-order valence-corrected chi connectivity index (χ1v) is 8.97. The molecule has 0 aromatic heterocycles. The predicted molar refractivity (Wildman–Crippen MR) is 71.9 cm³/mol. The van der Waals surface area contributed by atoms with Crippen LogP contribution in [0.15, 0.2) is 29.8 Å². The smallest absolute Gasteiger partial charge is 0.356 e. The zero-order valence-electron chi connectivity index (χ0n) is 10.4. The molecule has 1 aromatic carbocycles. The number of aliphatic hydroxyl groups is 1. The summed E-state index contributed by atoms with van der Waals surface area (Å²) in [5, 5.41) is 9.26. The van der Waals surface area contributed by atoms with E-state index in [2.05, 4.69) is 0 Å². The quantitative estimate of drug-likeness (QED) is 0.528. The van der Waals surface area contributed by atoms with Crippen LogP contribution in [0, 0.1) is 0 Å². The van der Waals surface area contributed by atoms with Crippen LogP contribution in [0.4, 0.5) is 0 Å². The molecule has 2 atom stereocenters. The fraction of sp³-hybridized carbons (Fsp3) is 0.273. The Morgan fingerprint density at radius 2 is 1.65 bits per heavy atom. The van der Waals surface area contributed by atoms with E-state index in [9.17, 15) is 33.8 Å². The molecule has 1 aliphatic carbocycles. The van der Waals surface area contributed by atoms with Crippen molar-refractivity contribution < 1.29 is 33.8 Å². The van der Waals surface area contributed by atoms with Crippen LogP contribution in [0.5, 0.6) is 0 Å². The van der Waals surface area contributed by atoms with E-state index in [1.54, 1.807) is 0 Å². The third kappa shape index (κ3) is 2.54. The Hall–Kier alpha value is -0.780. The number of hydrogen-bond acceptors (Lipinski definition) is 3. The van der Waals surface area contributed by atoms with Crippen LogP contribution < -0.4 is 0 Å². The second-order valence-electron chi connectivity index (χ2n) is 4.60. The Morgan fingerprint density at radius 3 is 2.10 bits per heavy atom. The van der Waals surface area contributed by atoms with Gasteiger partial charge >= 0.3 is 15.2 Å². The molecule has 0 amide bonds. The molecule has 0 radical (unpaired) electrons. The van der Waals surface area contributed by atoms with Gasteiger partial charge in [0.25, 0.3) is 0 Å². The lowest BCUT2D eigenvalue weighted by molar-refractivity contribution is 0.225. The lowest BCUT2D eigenvalue weighted by Crippen LogP contribution is -2.12. The Balaban J connectivity index is 2.86. The zero-order valence-corrected chi connectivity index (χ0v) is 12.2. The molecule has 2 rings (SSSR count). The van der Waals surface area contributed by atoms with Crippen LogP contribution in [-0.4, -0.2) is 30.8 Å². The average Bonchev–Trinajstić information content (AvgIpc) is 2.62. The molecule has 0 aliphatic heterocycles. The topological polar surface area (TPSA) is 135 Å². The van der Waals surface area contributed by atoms with Gasteiger partial charge in [-0.15, -0.1) is 0 Å². The number of fused-ring (bicyclic) bond motifs is 1. The summed E-state index contributed by atoms with van der Waals surface area (Å²) in [5.41, 5.74) is -1.64. The van der Waals surface area contributed by atoms with Gasteiger partial charge in [0.15, 0.2) is 0 Å². The van der Waals surface area contributed by atoms with Crippen LogP contribution >= 0.6 is 15.2 Å². The molecule has 0 heterocycles. The van der Waals surface area contributed by atoms with E-state index in [0.29, 0.717) is 0 Å². The predicted octanol–water partition coefficient (Wildman–Crippen LogP) is 1.19. The van der Waals surface area contributed by atoms with E-state index in [-0.39, 0.29) is 16.7 Å². The van der Waals surface area contributed by atoms with Crippen molar-refractivity contribution in [3.8, 4) is 0 Å². The Bertz CT molecular complexity index is 667. The summed E-state index contributed by atoms with van der Waals surface area (Å²) in [7, 11) is -9.51. The molecule has 5 N–H and O–H groups in total. The Morgan fingerprint density at radius 1 is 1.10 bits per heavy atom. The third-order valence-corrected chi connectivity index (χ3v) is 5.47. The van der Waals surface area contributed by atoms with E-state index in [4.69, 9.17) is 0 Å². The first kappa shape index (κ1) is 15.6. The molecule has 1 aliphatic rings. The fourth-order valence-electron chi connectivity index (χ4n) is 2.52. The highest BCUT2D eigenvalue weighted by Gasteiger charge is 2.47. The van der Waals surface area contributed by atoms with E-state index in [1.165, 1.54) is 31.2 Å². The van der Waals surface area contributed by atoms with Crippen LogP contribution in [0.2, 0.25) is 0 Å². The normalized spacial score (nSPS) is 21.0. The Labute approximate surface area is 114 Å². The molecule has 20 heavy (non-hydrogen) atoms. The summed E-state index contributed by atoms with van der Waals surface area (Å²) in [4.78, 5) is 37.9. The summed E-state index contributed by atoms with van der Waals surface area (Å²) < 4.78 is 23.3. The monoisotopic (exact) mass is 320 g/mol. The van der Waals surface area contributed by atoms with Gasteiger partial charge in [0, 0.05) is 0 Å². The first-order valence-electron chi connectivity index (χ1n) is 5.68. The van der Waals surface area contributed by atoms with Crippen molar-refractivity contribution in [3.05, 3.63) is 41.0 Å². The molecule has 0 saturated carbocycles. The molecular weight excluding hydrogens is 306 g/mol. The van der Waals surface area contributed by atoms with Gasteiger partial charge in [-0.1, -0.05) is 24.3 Å². The summed E-state index contributed by atoms with van der Waals surface area (Å²) in [6, 6.07) is 5.80. The van der Waals surface area contributed by atoms with Crippen LogP contribution in [0.25, 0.3) is 5.31 Å². The van der Waals surface area contributed by atoms with Crippen molar-refractivity contribution in [2.75, 3.05) is 0 Å². The Kier molecular flexibility index (Phi) is 3.82. The third-order valence-electron chi connectivity index (χ3n) is 3.16. The summed E-state index contributed by atoms with van der Waals surface area (Å²) >= 11 is 0. The van der Waals surface area contributed by atoms with Crippen molar-refractivity contribution in [3.63, 3.8) is 0 Å². The molecule has 110 valence electrons. The maximum absolute atomic E-state index is 11.7. The number of hydrogen-bond donors (Lipinski definition) is 5. The van der Waals surface area contributed by atoms with Crippen molar-refractivity contribution in [1.82, 2.24) is 0 Å². The van der Waals surface area contributed by atoms with Crippen LogP contribution in [-0.2, 0) is 9.13 Å². The highest BCUT2D eigenvalue weighted by atomic mass is 31.2. The molecule has 0 spiro atoms. The van der Waals surface area contributed by atoms with E-state index in [0.717, 1.165) is 0 Å². The molecule has 0 bridgehead atoms. The lowest BCUT2D eigenvalue weighted by atomic mass is 10.1. The molecule has 0 fully saturated rings. The zero-order chi connectivity index (χ0) is 15.3. The van der Waals surface area contributed by atoms with Crippen LogP contribution in [0.1, 0.15) is 23.7 Å². The van der Waals surface area contributed by atoms with E-state index in [1.807, 2.05) is 0 Å². The largest absolute Gasteiger partial charge is 0.389 e. The van der Waals surface area contributed by atoms with Gasteiger partial charge in [-0.3, -0.25) is 9.13 Å². The van der Waals surface area contributed by atoms with Gasteiger partial charge in [0.05, 0.1) is 11.4 Å². The van der Waals surface area contributed by atoms with Crippen molar-refractivity contribution in [1.29, 1.82) is 0 Å². The maximum atomic E-state index is 11.7. The summed E-state index contributed by atoms with van der Waals surface area (Å²) in [6.45, 7) is 1.22. The highest BCUT2D eigenvalue weighted by Crippen LogP contribution is 2.68. The molecule has 2 unspecified atom stereocenters. The standard InChI is InChI=1S/C11H14O7P2/c1-6(12)9-10(19(13,14)15)7-4-2-3-5-8(7)11(9)20(16,17)18/h2-6,10,12H,1H3,(H2,13,14,15)(H2,16,17,18). The van der Waals surface area contributed by atoms with E-state index >= 15 is 0 Å². The maximum Gasteiger partial charge on any atom is 0.356 e. The van der Waals surface area contributed by atoms with Gasteiger partial charge in [0.2, 0.25) is 0 Å². The SMILES string of the molecule is CC(O)C1=C(P(=O)(O)O)c2ccccc2C1P(=O)(O)O. The van der Waals surface area contributed by atoms with Crippen molar-refractivity contribution in [2.45, 2.75) is 18.7 Å². The number of rotatable bonds is 3. The minimum Gasteiger partial charge on any atom is -0.389 e. The number of benzene rings is 1. The molecule has 9 heteroatoms. The van der Waals surface area contributed by atoms with Gasteiger partial charge < -0.3 is 24.7 Å². The first-order chi connectivity index (χ1) is 9.05. The molecule has 7 nitrogen and oxygen atoms in total. The summed E-state index contributed by atoms with van der Waals surface area (Å²) in [5.74, 6) is 0. The second-order valence-corrected chi connectivity index (χ2v) is 7.83. The van der Waals surface area contributed by atoms with Crippen LogP contribution in [0.3, 0.4) is 0 Å². The van der Waals surface area contributed by atoms with Gasteiger partial charge in [-0.25, -0.2) is 0 Å². The minimum atomic E-state index is -4.79. The summed E-state index contributed by atoms with van der Waals surface area (Å²) in [6.07, 6.45) is -1.39. The van der Waals surface area contributed by atoms with Gasteiger partial charge in [-0.2, -0.15) is 0 Å². The highest BCUT2D eigenvalue weighted by molar-refractivity contribution is 7.63. The molecule has 0 saturated heterocycles. The molecular formula is C11H14O7P2. The number of aliphatic hydroxyl groups excluding tert-OH is 1. The molecule has 1 aromatic rings.